The molecule has 0 radical (unpaired) electrons. The first kappa shape index (κ1) is 27.2. The quantitative estimate of drug-likeness (QED) is 0.415. The summed E-state index contributed by atoms with van der Waals surface area (Å²) < 4.78 is 5.64. The smallest absolute Gasteiger partial charge is 0.258 e. The second-order valence-electron chi connectivity index (χ2n) is 11.9. The summed E-state index contributed by atoms with van der Waals surface area (Å²) >= 11 is 18.9. The van der Waals surface area contributed by atoms with Gasteiger partial charge in [-0.1, -0.05) is 46.9 Å². The summed E-state index contributed by atoms with van der Waals surface area (Å²) in [5, 5.41) is 15.2. The lowest BCUT2D eigenvalue weighted by Gasteiger charge is -2.59. The van der Waals surface area contributed by atoms with Crippen molar-refractivity contribution in [1.29, 1.82) is 0 Å². The van der Waals surface area contributed by atoms with E-state index in [-0.39, 0.29) is 36.9 Å². The summed E-state index contributed by atoms with van der Waals surface area (Å²) in [6, 6.07) is 10.8. The van der Waals surface area contributed by atoms with E-state index in [9.17, 15) is 14.7 Å². The van der Waals surface area contributed by atoms with Crippen molar-refractivity contribution in [2.75, 3.05) is 13.2 Å². The fraction of sp³-hybridized carbons (Fsp3) is 0.533. The van der Waals surface area contributed by atoms with Crippen molar-refractivity contribution in [3.63, 3.8) is 0 Å². The molecule has 3 atom stereocenters. The van der Waals surface area contributed by atoms with E-state index in [1.54, 1.807) is 30.3 Å². The van der Waals surface area contributed by atoms with E-state index in [1.807, 2.05) is 6.07 Å². The van der Waals surface area contributed by atoms with Gasteiger partial charge in [0.1, 0.15) is 5.75 Å². The molecular formula is C30H33Cl3N2O4. The lowest BCUT2D eigenvalue weighted by Crippen LogP contribution is -2.62. The molecule has 6 nitrogen and oxygen atoms in total. The molecule has 5 aliphatic rings. The van der Waals surface area contributed by atoms with E-state index in [2.05, 4.69) is 10.2 Å². The van der Waals surface area contributed by atoms with Crippen LogP contribution in [0.1, 0.15) is 49.7 Å². The van der Waals surface area contributed by atoms with Crippen molar-refractivity contribution in [2.45, 2.75) is 63.1 Å². The molecule has 7 rings (SSSR count). The van der Waals surface area contributed by atoms with E-state index >= 15 is 0 Å². The minimum atomic E-state index is -0.490. The summed E-state index contributed by atoms with van der Waals surface area (Å²) in [5.74, 6) is 1.82. The second-order valence-corrected chi connectivity index (χ2v) is 13.1. The number of likely N-dealkylation sites (tertiary alicyclic amines) is 1. The van der Waals surface area contributed by atoms with Crippen LogP contribution in [-0.4, -0.2) is 46.6 Å². The van der Waals surface area contributed by atoms with Crippen LogP contribution in [0.5, 0.6) is 5.75 Å². The molecule has 208 valence electrons. The number of nitrogens with zero attached hydrogens (tertiary/aromatic N) is 1. The lowest BCUT2D eigenvalue weighted by atomic mass is 9.52. The third-order valence-corrected chi connectivity index (χ3v) is 10.3. The molecule has 9 heteroatoms. The number of aliphatic hydroxyl groups is 1. The Bertz CT molecular complexity index is 1250. The van der Waals surface area contributed by atoms with Gasteiger partial charge in [-0.2, -0.15) is 0 Å². The van der Waals surface area contributed by atoms with Gasteiger partial charge in [0.15, 0.2) is 6.61 Å². The van der Waals surface area contributed by atoms with Crippen LogP contribution in [0.25, 0.3) is 0 Å². The fourth-order valence-electron chi connectivity index (χ4n) is 7.85. The average Bonchev–Trinajstić information content (AvgIpc) is 3.22. The number of halogens is 3. The number of amides is 2. The van der Waals surface area contributed by atoms with Gasteiger partial charge < -0.3 is 20.1 Å². The largest absolute Gasteiger partial charge is 0.484 e. The maximum absolute atomic E-state index is 13.5. The Morgan fingerprint density at radius 1 is 1.05 bits per heavy atom. The molecule has 1 heterocycles. The van der Waals surface area contributed by atoms with Crippen LogP contribution in [0, 0.1) is 23.7 Å². The van der Waals surface area contributed by atoms with Crippen LogP contribution in [0.3, 0.4) is 0 Å². The monoisotopic (exact) mass is 590 g/mol. The molecule has 4 saturated carbocycles. The number of carbonyl (C=O) groups excluding carboxylic acids is 2. The fourth-order valence-corrected chi connectivity index (χ4v) is 8.63. The van der Waals surface area contributed by atoms with E-state index in [4.69, 9.17) is 39.5 Å². The van der Waals surface area contributed by atoms with Gasteiger partial charge in [0.25, 0.3) is 5.91 Å². The highest BCUT2D eigenvalue weighted by molar-refractivity contribution is 6.36. The first-order valence-electron chi connectivity index (χ1n) is 13.8. The zero-order chi connectivity index (χ0) is 27.3. The summed E-state index contributed by atoms with van der Waals surface area (Å²) in [4.78, 5) is 27.9. The maximum Gasteiger partial charge on any atom is 0.258 e. The molecule has 4 bridgehead atoms. The van der Waals surface area contributed by atoms with Crippen LogP contribution in [0.4, 0.5) is 0 Å². The van der Waals surface area contributed by atoms with Crippen LogP contribution >= 0.6 is 34.8 Å². The Labute approximate surface area is 243 Å². The predicted molar refractivity (Wildman–Crippen MR) is 151 cm³/mol. The Balaban J connectivity index is 1.02. The molecule has 2 amide bonds. The van der Waals surface area contributed by atoms with Crippen LogP contribution in [0.2, 0.25) is 15.1 Å². The van der Waals surface area contributed by atoms with E-state index < -0.39 is 5.60 Å². The Morgan fingerprint density at radius 3 is 2.44 bits per heavy atom. The highest BCUT2D eigenvalue weighted by atomic mass is 35.5. The number of hydrogen-bond donors (Lipinski definition) is 2. The van der Waals surface area contributed by atoms with Crippen molar-refractivity contribution in [2.24, 2.45) is 23.7 Å². The van der Waals surface area contributed by atoms with Crippen molar-refractivity contribution in [3.8, 4) is 5.75 Å². The summed E-state index contributed by atoms with van der Waals surface area (Å²) in [7, 11) is 0. The first-order chi connectivity index (χ1) is 18.7. The molecule has 39 heavy (non-hydrogen) atoms. The lowest BCUT2D eigenvalue weighted by molar-refractivity contribution is -0.168. The van der Waals surface area contributed by atoms with Gasteiger partial charge in [-0.3, -0.25) is 9.59 Å². The third-order valence-electron chi connectivity index (χ3n) is 9.29. The zero-order valence-corrected chi connectivity index (χ0v) is 23.9. The number of benzene rings is 2. The van der Waals surface area contributed by atoms with Gasteiger partial charge in [-0.25, -0.2) is 0 Å². The number of nitrogens with one attached hydrogen (secondary N) is 1. The van der Waals surface area contributed by atoms with E-state index in [0.29, 0.717) is 50.6 Å². The number of rotatable bonds is 8. The van der Waals surface area contributed by atoms with Gasteiger partial charge in [-0.05, 0) is 92.5 Å². The first-order valence-corrected chi connectivity index (χ1v) is 15.0. The SMILES string of the molecule is O=C(COc1ccc(CC2CCN(C3C4CC5CC3CC(O)(C5)C4)C2=O)c(Cl)c1)NCc1c(Cl)cccc1Cl. The molecule has 1 saturated heterocycles. The van der Waals surface area contributed by atoms with Crippen molar-refractivity contribution in [1.82, 2.24) is 10.2 Å². The highest BCUT2D eigenvalue weighted by Gasteiger charge is 2.57. The predicted octanol–water partition coefficient (Wildman–Crippen LogP) is 5.67. The normalized spacial score (nSPS) is 31.1. The summed E-state index contributed by atoms with van der Waals surface area (Å²) in [6.45, 7) is 0.821. The van der Waals surface area contributed by atoms with Crippen LogP contribution < -0.4 is 10.1 Å². The molecule has 2 N–H and O–H groups in total. The maximum atomic E-state index is 13.5. The summed E-state index contributed by atoms with van der Waals surface area (Å²) in [5.41, 5.74) is 1.07. The van der Waals surface area contributed by atoms with E-state index in [1.165, 1.54) is 0 Å². The molecule has 5 fully saturated rings. The van der Waals surface area contributed by atoms with Gasteiger partial charge in [-0.15, -0.1) is 0 Å². The molecule has 3 unspecified atom stereocenters. The Hall–Kier alpha value is -1.99. The number of carbonyl (C=O) groups is 2. The minimum absolute atomic E-state index is 0.0862. The molecule has 1 aliphatic heterocycles. The number of hydrogen-bond acceptors (Lipinski definition) is 4. The standard InChI is InChI=1S/C30H33Cl3N2O4/c31-24-2-1-3-25(32)23(24)15-34-27(36)16-39-22-5-4-18(26(33)11-22)10-19-6-7-35(29(19)37)28-20-8-17-9-21(28)14-30(38,12-17)13-20/h1-5,11,17,19-21,28,38H,6-10,12-16H2,(H,34,36). The van der Waals surface area contributed by atoms with Crippen molar-refractivity contribution in [3.05, 3.63) is 62.6 Å². The van der Waals surface area contributed by atoms with Gasteiger partial charge >= 0.3 is 0 Å². The molecule has 0 spiro atoms. The van der Waals surface area contributed by atoms with Crippen LogP contribution in [-0.2, 0) is 22.6 Å². The second kappa shape index (κ2) is 10.8. The molecule has 0 aromatic heterocycles. The highest BCUT2D eigenvalue weighted by Crippen LogP contribution is 2.57. The van der Waals surface area contributed by atoms with Gasteiger partial charge in [0, 0.05) is 45.7 Å². The third kappa shape index (κ3) is 5.50. The van der Waals surface area contributed by atoms with Crippen molar-refractivity contribution < 1.29 is 19.4 Å². The van der Waals surface area contributed by atoms with E-state index in [0.717, 1.165) is 50.6 Å². The molecule has 2 aromatic carbocycles. The Kier molecular flexibility index (Phi) is 7.51. The van der Waals surface area contributed by atoms with Gasteiger partial charge in [0.2, 0.25) is 5.91 Å². The Morgan fingerprint density at radius 2 is 1.77 bits per heavy atom. The van der Waals surface area contributed by atoms with Crippen molar-refractivity contribution >= 4 is 46.6 Å². The number of ether oxygens (including phenoxy) is 1. The average molecular weight is 592 g/mol. The molecule has 4 aliphatic carbocycles. The zero-order valence-electron chi connectivity index (χ0n) is 21.7. The summed E-state index contributed by atoms with van der Waals surface area (Å²) in [6.07, 6.45) is 6.35. The van der Waals surface area contributed by atoms with Crippen LogP contribution in [0.15, 0.2) is 36.4 Å². The molecule has 2 aromatic rings. The van der Waals surface area contributed by atoms with Gasteiger partial charge in [0.05, 0.1) is 5.60 Å². The molecular weight excluding hydrogens is 559 g/mol. The minimum Gasteiger partial charge on any atom is -0.484 e. The topological polar surface area (TPSA) is 78.9 Å².